The van der Waals surface area contributed by atoms with Crippen molar-refractivity contribution in [3.8, 4) is 11.1 Å². The van der Waals surface area contributed by atoms with Crippen LogP contribution in [0.25, 0.3) is 11.1 Å². The molecule has 92 valence electrons. The van der Waals surface area contributed by atoms with Crippen LogP contribution in [0.15, 0.2) is 35.2 Å². The van der Waals surface area contributed by atoms with E-state index in [2.05, 4.69) is 0 Å². The van der Waals surface area contributed by atoms with E-state index in [1.807, 2.05) is 32.0 Å². The van der Waals surface area contributed by atoms with E-state index in [4.69, 9.17) is 0 Å². The summed E-state index contributed by atoms with van der Waals surface area (Å²) in [5.41, 5.74) is 3.09. The maximum absolute atomic E-state index is 11.5. The summed E-state index contributed by atoms with van der Waals surface area (Å²) in [7, 11) is -4.18. The predicted molar refractivity (Wildman–Crippen MR) is 68.1 cm³/mol. The van der Waals surface area contributed by atoms with Gasteiger partial charge in [-0.1, -0.05) is 37.3 Å². The molecule has 0 saturated carbocycles. The minimum Gasteiger partial charge on any atom is -1.00 e. The van der Waals surface area contributed by atoms with E-state index in [-0.39, 0.29) is 35.9 Å². The zero-order valence-electron chi connectivity index (χ0n) is 11.8. The third-order valence-corrected chi connectivity index (χ3v) is 4.01. The van der Waals surface area contributed by atoms with Crippen molar-refractivity contribution >= 4 is 10.1 Å². The average molecular weight is 274 g/mol. The number of rotatable bonds is 2. The second-order valence-corrected chi connectivity index (χ2v) is 5.36. The first kappa shape index (κ1) is 15.7. The molecule has 0 unspecified atom stereocenters. The number of fused-ring (bicyclic) bond motifs is 1. The molecule has 0 amide bonds. The fraction of sp³-hybridized carbons (Fsp3) is 0.231. The predicted octanol–water partition coefficient (Wildman–Crippen LogP) is 0.0254. The molecule has 0 saturated heterocycles. The van der Waals surface area contributed by atoms with Gasteiger partial charge in [0, 0.05) is 5.56 Å². The average Bonchev–Trinajstić information content (AvgIpc) is 2.41. The molecule has 1 N–H and O–H groups in total. The van der Waals surface area contributed by atoms with Gasteiger partial charge >= 0.3 is 29.6 Å². The van der Waals surface area contributed by atoms with Gasteiger partial charge in [-0.3, -0.25) is 4.55 Å². The van der Waals surface area contributed by atoms with Gasteiger partial charge in [0.15, 0.2) is 0 Å². The molecule has 0 fully saturated rings. The maximum Gasteiger partial charge on any atom is 1.00 e. The minimum absolute atomic E-state index is 0. The fourth-order valence-corrected chi connectivity index (χ4v) is 3.35. The Kier molecular flexibility index (Phi) is 4.98. The molecule has 3 nitrogen and oxygen atoms in total. The second-order valence-electron chi connectivity index (χ2n) is 4.00. The van der Waals surface area contributed by atoms with Gasteiger partial charge in [-0.25, -0.2) is 0 Å². The van der Waals surface area contributed by atoms with Gasteiger partial charge in [0.2, 0.25) is 0 Å². The molecule has 0 aromatic rings. The Bertz CT molecular complexity index is 641. The number of hydrogen-bond acceptors (Lipinski definition) is 2. The van der Waals surface area contributed by atoms with Gasteiger partial charge in [0.1, 0.15) is 4.90 Å². The molecule has 2 aliphatic rings. The van der Waals surface area contributed by atoms with E-state index in [9.17, 15) is 13.0 Å². The van der Waals surface area contributed by atoms with Crippen LogP contribution in [-0.4, -0.2) is 13.0 Å². The summed E-state index contributed by atoms with van der Waals surface area (Å²) in [6, 6.07) is 9.07. The van der Waals surface area contributed by atoms with Gasteiger partial charge in [0.05, 0.1) is 0 Å². The van der Waals surface area contributed by atoms with E-state index in [0.717, 1.165) is 11.1 Å². The molecule has 0 radical (unpaired) electrons. The summed E-state index contributed by atoms with van der Waals surface area (Å²) in [6.45, 7) is 3.77. The second kappa shape index (κ2) is 5.72. The van der Waals surface area contributed by atoms with Crippen LogP contribution in [0, 0.1) is 6.92 Å². The van der Waals surface area contributed by atoms with Gasteiger partial charge in [-0.05, 0) is 30.0 Å². The van der Waals surface area contributed by atoms with Crippen LogP contribution in [0.2, 0.25) is 0 Å². The molecule has 5 heteroatoms. The molecule has 0 atom stereocenters. The summed E-state index contributed by atoms with van der Waals surface area (Å²) < 4.78 is 32.4. The normalized spacial score (nSPS) is 11.3. The zero-order valence-corrected chi connectivity index (χ0v) is 13.6. The van der Waals surface area contributed by atoms with Crippen LogP contribution in [-0.2, 0) is 16.5 Å². The number of hydrogen-bond donors (Lipinski definition) is 1. The van der Waals surface area contributed by atoms with E-state index >= 15 is 0 Å². The van der Waals surface area contributed by atoms with Gasteiger partial charge in [0.25, 0.3) is 10.1 Å². The quantitative estimate of drug-likeness (QED) is 0.621. The molecule has 2 rings (SSSR count). The summed E-state index contributed by atoms with van der Waals surface area (Å²) in [6.07, 6.45) is 0.583. The topological polar surface area (TPSA) is 54.4 Å². The molecular weight excluding hydrogens is 259 g/mol. The molecule has 0 aromatic carbocycles. The minimum atomic E-state index is -4.18. The molecule has 0 aromatic heterocycles. The fourth-order valence-electron chi connectivity index (χ4n) is 2.29. The van der Waals surface area contributed by atoms with Crippen LogP contribution >= 0.6 is 0 Å². The van der Waals surface area contributed by atoms with Gasteiger partial charge in [-0.2, -0.15) is 8.42 Å². The standard InChI is InChI=1S/C13H14O3S.Na.H/c1-3-10-9(2)11-7-5-4-6-8-12(11)13(10)17(14,15)16;;/h4-8H,3H2,1-2H3,(H,14,15,16);;/q;+1;-1. The summed E-state index contributed by atoms with van der Waals surface area (Å²) in [5, 5.41) is 0. The molecule has 18 heavy (non-hydrogen) atoms. The Morgan fingerprint density at radius 1 is 1.17 bits per heavy atom. The van der Waals surface area contributed by atoms with E-state index in [1.54, 1.807) is 12.1 Å². The van der Waals surface area contributed by atoms with Crippen molar-refractivity contribution in [2.45, 2.75) is 25.2 Å². The van der Waals surface area contributed by atoms with Crippen LogP contribution < -0.4 is 29.6 Å². The van der Waals surface area contributed by atoms with Crippen molar-refractivity contribution in [1.82, 2.24) is 0 Å². The third-order valence-electron chi connectivity index (χ3n) is 3.03. The Morgan fingerprint density at radius 2 is 1.72 bits per heavy atom. The molecule has 0 spiro atoms. The van der Waals surface area contributed by atoms with E-state index in [1.165, 1.54) is 0 Å². The first-order chi connectivity index (χ1) is 7.96. The summed E-state index contributed by atoms with van der Waals surface area (Å²) >= 11 is 0. The Hall–Kier alpha value is -0.390. The Morgan fingerprint density at radius 3 is 2.22 bits per heavy atom. The monoisotopic (exact) mass is 274 g/mol. The smallest absolute Gasteiger partial charge is 1.00 e. The Labute approximate surface area is 131 Å². The molecule has 2 aliphatic carbocycles. The van der Waals surface area contributed by atoms with E-state index in [0.29, 0.717) is 17.5 Å². The summed E-state index contributed by atoms with van der Waals surface area (Å²) in [4.78, 5) is 0.0590. The first-order valence-electron chi connectivity index (χ1n) is 5.44. The summed E-state index contributed by atoms with van der Waals surface area (Å²) in [5.74, 6) is 0. The Balaban J connectivity index is 0.00000162. The SMILES string of the molecule is CCc1c(C)c2cccccc-2c1S(=O)(=O)O.[H-].[Na+]. The molecule has 0 heterocycles. The molecule has 0 bridgehead atoms. The van der Waals surface area contributed by atoms with E-state index < -0.39 is 10.1 Å². The van der Waals surface area contributed by atoms with Crippen LogP contribution in [0.5, 0.6) is 0 Å². The van der Waals surface area contributed by atoms with Crippen molar-refractivity contribution in [2.24, 2.45) is 0 Å². The largest absolute Gasteiger partial charge is 1.00 e. The van der Waals surface area contributed by atoms with Crippen molar-refractivity contribution in [3.05, 3.63) is 41.5 Å². The molecular formula is C13H15NaO3S. The van der Waals surface area contributed by atoms with Crippen molar-refractivity contribution in [1.29, 1.82) is 0 Å². The van der Waals surface area contributed by atoms with Crippen molar-refractivity contribution in [2.75, 3.05) is 0 Å². The molecule has 0 aliphatic heterocycles. The van der Waals surface area contributed by atoms with Gasteiger partial charge < -0.3 is 1.43 Å². The first-order valence-corrected chi connectivity index (χ1v) is 6.88. The maximum atomic E-state index is 11.5. The van der Waals surface area contributed by atoms with Gasteiger partial charge in [-0.15, -0.1) is 0 Å². The van der Waals surface area contributed by atoms with Crippen molar-refractivity contribution < 1.29 is 44.0 Å². The third kappa shape index (κ3) is 2.63. The van der Waals surface area contributed by atoms with Crippen molar-refractivity contribution in [3.63, 3.8) is 0 Å². The van der Waals surface area contributed by atoms with Crippen LogP contribution in [0.1, 0.15) is 19.5 Å². The zero-order chi connectivity index (χ0) is 12.6. The van der Waals surface area contributed by atoms with Crippen LogP contribution in [0.3, 0.4) is 0 Å². The van der Waals surface area contributed by atoms with Crippen LogP contribution in [0.4, 0.5) is 0 Å².